The van der Waals surface area contributed by atoms with Crippen LogP contribution < -0.4 is 0 Å². The molecular formula is C13H18O4S. The highest BCUT2D eigenvalue weighted by atomic mass is 32.2. The van der Waals surface area contributed by atoms with Crippen molar-refractivity contribution in [2.24, 2.45) is 0 Å². The zero-order valence-electron chi connectivity index (χ0n) is 10.3. The Hall–Kier alpha value is -0.910. The molecule has 1 aromatic carbocycles. The standard InChI is InChI=1S/C13H18O4S/c1-17-13-9-11(7-8-12(13)14)18(15,16)10-5-3-2-4-6-10/h2-6,11-14H,7-9H2,1H3/t11-,12-,13-/m1/s1. The average Bonchev–Trinajstić information content (AvgIpc) is 2.40. The first-order chi connectivity index (χ1) is 8.55. The molecule has 1 fully saturated rings. The summed E-state index contributed by atoms with van der Waals surface area (Å²) in [5, 5.41) is 9.24. The van der Waals surface area contributed by atoms with Crippen molar-refractivity contribution in [2.45, 2.75) is 41.6 Å². The summed E-state index contributed by atoms with van der Waals surface area (Å²) in [7, 11) is -1.81. The molecule has 0 bridgehead atoms. The highest BCUT2D eigenvalue weighted by Gasteiger charge is 2.36. The Kier molecular flexibility index (Phi) is 4.04. The van der Waals surface area contributed by atoms with Crippen LogP contribution in [0.5, 0.6) is 0 Å². The second-order valence-electron chi connectivity index (χ2n) is 4.63. The van der Waals surface area contributed by atoms with Crippen molar-refractivity contribution in [3.63, 3.8) is 0 Å². The Morgan fingerprint density at radius 1 is 1.22 bits per heavy atom. The number of methoxy groups -OCH3 is 1. The Bertz CT molecular complexity index is 483. The van der Waals surface area contributed by atoms with E-state index in [-0.39, 0.29) is 6.10 Å². The lowest BCUT2D eigenvalue weighted by molar-refractivity contribution is -0.0348. The summed E-state index contributed by atoms with van der Waals surface area (Å²) in [6.45, 7) is 0. The zero-order chi connectivity index (χ0) is 13.2. The molecule has 2 rings (SSSR count). The van der Waals surface area contributed by atoms with Gasteiger partial charge in [0.25, 0.3) is 0 Å². The van der Waals surface area contributed by atoms with E-state index in [0.717, 1.165) is 0 Å². The van der Waals surface area contributed by atoms with Gasteiger partial charge >= 0.3 is 0 Å². The van der Waals surface area contributed by atoms with E-state index in [2.05, 4.69) is 0 Å². The van der Waals surface area contributed by atoms with E-state index in [1.807, 2.05) is 0 Å². The molecule has 0 aliphatic heterocycles. The minimum Gasteiger partial charge on any atom is -0.390 e. The maximum Gasteiger partial charge on any atom is 0.181 e. The molecule has 1 saturated carbocycles. The molecule has 0 saturated heterocycles. The molecule has 0 heterocycles. The molecule has 1 aliphatic rings. The summed E-state index contributed by atoms with van der Waals surface area (Å²) in [5.74, 6) is 0. The number of aliphatic hydroxyl groups is 1. The van der Waals surface area contributed by atoms with Gasteiger partial charge in [0.2, 0.25) is 0 Å². The van der Waals surface area contributed by atoms with Gasteiger partial charge in [-0.25, -0.2) is 8.42 Å². The van der Waals surface area contributed by atoms with Crippen molar-refractivity contribution in [1.82, 2.24) is 0 Å². The SMILES string of the molecule is CO[C@@H]1C[C@H](S(=O)(=O)c2ccccc2)CC[C@H]1O. The van der Waals surface area contributed by atoms with E-state index in [1.165, 1.54) is 7.11 Å². The summed E-state index contributed by atoms with van der Waals surface area (Å²) < 4.78 is 30.0. The van der Waals surface area contributed by atoms with E-state index in [4.69, 9.17) is 4.74 Å². The molecule has 100 valence electrons. The van der Waals surface area contributed by atoms with Gasteiger partial charge in [-0.15, -0.1) is 0 Å². The van der Waals surface area contributed by atoms with E-state index < -0.39 is 21.2 Å². The third-order valence-corrected chi connectivity index (χ3v) is 5.76. The van der Waals surface area contributed by atoms with E-state index >= 15 is 0 Å². The number of hydrogen-bond acceptors (Lipinski definition) is 4. The largest absolute Gasteiger partial charge is 0.390 e. The van der Waals surface area contributed by atoms with Gasteiger partial charge in [0.1, 0.15) is 0 Å². The molecule has 5 heteroatoms. The normalized spacial score (nSPS) is 29.1. The number of benzene rings is 1. The Balaban J connectivity index is 2.22. The Morgan fingerprint density at radius 3 is 2.50 bits per heavy atom. The number of rotatable bonds is 3. The van der Waals surface area contributed by atoms with Crippen LogP contribution in [0.25, 0.3) is 0 Å². The Labute approximate surface area is 108 Å². The van der Waals surface area contributed by atoms with Crippen molar-refractivity contribution in [1.29, 1.82) is 0 Å². The third kappa shape index (κ3) is 2.58. The van der Waals surface area contributed by atoms with Crippen LogP contribution in [0, 0.1) is 0 Å². The molecule has 3 atom stereocenters. The second-order valence-corrected chi connectivity index (χ2v) is 6.86. The van der Waals surface area contributed by atoms with Crippen LogP contribution >= 0.6 is 0 Å². The summed E-state index contributed by atoms with van der Waals surface area (Å²) in [6, 6.07) is 8.46. The van der Waals surface area contributed by atoms with Crippen LogP contribution in [0.15, 0.2) is 35.2 Å². The predicted octanol–water partition coefficient (Wildman–Crippen LogP) is 1.39. The van der Waals surface area contributed by atoms with Gasteiger partial charge in [0.15, 0.2) is 9.84 Å². The topological polar surface area (TPSA) is 63.6 Å². The molecule has 0 radical (unpaired) electrons. The van der Waals surface area contributed by atoms with Crippen LogP contribution in [-0.4, -0.2) is 38.1 Å². The molecule has 1 aromatic rings. The van der Waals surface area contributed by atoms with Gasteiger partial charge in [0.05, 0.1) is 22.4 Å². The fourth-order valence-electron chi connectivity index (χ4n) is 2.41. The fraction of sp³-hybridized carbons (Fsp3) is 0.538. The highest BCUT2D eigenvalue weighted by Crippen LogP contribution is 2.30. The van der Waals surface area contributed by atoms with Crippen LogP contribution in [0.1, 0.15) is 19.3 Å². The molecular weight excluding hydrogens is 252 g/mol. The molecule has 18 heavy (non-hydrogen) atoms. The van der Waals surface area contributed by atoms with Gasteiger partial charge in [0, 0.05) is 7.11 Å². The van der Waals surface area contributed by atoms with Gasteiger partial charge < -0.3 is 9.84 Å². The molecule has 4 nitrogen and oxygen atoms in total. The zero-order valence-corrected chi connectivity index (χ0v) is 11.1. The molecule has 0 unspecified atom stereocenters. The molecule has 0 aromatic heterocycles. The van der Waals surface area contributed by atoms with Crippen molar-refractivity contribution in [3.05, 3.63) is 30.3 Å². The minimum atomic E-state index is -3.32. The quantitative estimate of drug-likeness (QED) is 0.901. The second kappa shape index (κ2) is 5.38. The Morgan fingerprint density at radius 2 is 1.89 bits per heavy atom. The van der Waals surface area contributed by atoms with Gasteiger partial charge in [-0.3, -0.25) is 0 Å². The first kappa shape index (κ1) is 13.5. The lowest BCUT2D eigenvalue weighted by Gasteiger charge is -2.31. The number of sulfone groups is 1. The number of aliphatic hydroxyl groups excluding tert-OH is 1. The molecule has 0 amide bonds. The van der Waals surface area contributed by atoms with Crippen molar-refractivity contribution in [3.8, 4) is 0 Å². The third-order valence-electron chi connectivity index (χ3n) is 3.52. The maximum absolute atomic E-state index is 12.4. The number of hydrogen-bond donors (Lipinski definition) is 1. The maximum atomic E-state index is 12.4. The minimum absolute atomic E-state index is 0.348. The van der Waals surface area contributed by atoms with Crippen LogP contribution in [0.2, 0.25) is 0 Å². The summed E-state index contributed by atoms with van der Waals surface area (Å²) in [5.41, 5.74) is 0. The van der Waals surface area contributed by atoms with E-state index in [9.17, 15) is 13.5 Å². The van der Waals surface area contributed by atoms with Crippen LogP contribution in [-0.2, 0) is 14.6 Å². The van der Waals surface area contributed by atoms with Crippen molar-refractivity contribution < 1.29 is 18.3 Å². The lowest BCUT2D eigenvalue weighted by atomic mass is 9.94. The molecule has 1 N–H and O–H groups in total. The van der Waals surface area contributed by atoms with Crippen LogP contribution in [0.4, 0.5) is 0 Å². The highest BCUT2D eigenvalue weighted by molar-refractivity contribution is 7.92. The summed E-state index contributed by atoms with van der Waals surface area (Å²) in [6.07, 6.45) is 0.363. The van der Waals surface area contributed by atoms with Gasteiger partial charge in [-0.1, -0.05) is 18.2 Å². The van der Waals surface area contributed by atoms with E-state index in [1.54, 1.807) is 30.3 Å². The first-order valence-electron chi connectivity index (χ1n) is 6.05. The molecule has 0 spiro atoms. The van der Waals surface area contributed by atoms with Crippen molar-refractivity contribution >= 4 is 9.84 Å². The average molecular weight is 270 g/mol. The first-order valence-corrected chi connectivity index (χ1v) is 7.60. The van der Waals surface area contributed by atoms with E-state index in [0.29, 0.717) is 24.2 Å². The summed E-state index contributed by atoms with van der Waals surface area (Å²) in [4.78, 5) is 0.348. The lowest BCUT2D eigenvalue weighted by Crippen LogP contribution is -2.40. The monoisotopic (exact) mass is 270 g/mol. The smallest absolute Gasteiger partial charge is 0.181 e. The van der Waals surface area contributed by atoms with Gasteiger partial charge in [-0.05, 0) is 31.4 Å². The predicted molar refractivity (Wildman–Crippen MR) is 68.1 cm³/mol. The van der Waals surface area contributed by atoms with Crippen LogP contribution in [0.3, 0.4) is 0 Å². The fourth-order valence-corrected chi connectivity index (χ4v) is 4.23. The van der Waals surface area contributed by atoms with Gasteiger partial charge in [-0.2, -0.15) is 0 Å². The molecule has 1 aliphatic carbocycles. The summed E-state index contributed by atoms with van der Waals surface area (Å²) >= 11 is 0. The number of ether oxygens (including phenoxy) is 1. The van der Waals surface area contributed by atoms with Crippen molar-refractivity contribution in [2.75, 3.05) is 7.11 Å².